The largest absolute Gasteiger partial charge is 0.349 e. The molecule has 0 aromatic heterocycles. The molecule has 2 heterocycles. The lowest BCUT2D eigenvalue weighted by Crippen LogP contribution is -2.37. The van der Waals surface area contributed by atoms with Gasteiger partial charge in [-0.2, -0.15) is 0 Å². The Kier molecular flexibility index (Phi) is 4.24. The van der Waals surface area contributed by atoms with E-state index in [0.717, 1.165) is 24.3 Å². The maximum Gasteiger partial charge on any atom is 0.225 e. The molecule has 128 valence electrons. The number of nitrogens with zero attached hydrogens (tertiary/aromatic N) is 1. The maximum atomic E-state index is 13.9. The summed E-state index contributed by atoms with van der Waals surface area (Å²) in [5, 5.41) is 3.06. The fourth-order valence-electron chi connectivity index (χ4n) is 3.56. The van der Waals surface area contributed by atoms with E-state index in [1.165, 1.54) is 30.7 Å². The second-order valence-electron chi connectivity index (χ2n) is 7.00. The number of hydrogen-bond acceptors (Lipinski definition) is 3. The van der Waals surface area contributed by atoms with Crippen molar-refractivity contribution in [1.29, 1.82) is 0 Å². The minimum absolute atomic E-state index is 0.0752. The number of fused-ring (bicyclic) bond motifs is 1. The second-order valence-corrected chi connectivity index (χ2v) is 8.10. The lowest BCUT2D eigenvalue weighted by atomic mass is 10.0. The Labute approximate surface area is 145 Å². The van der Waals surface area contributed by atoms with E-state index < -0.39 is 0 Å². The second kappa shape index (κ2) is 6.39. The van der Waals surface area contributed by atoms with E-state index >= 15 is 0 Å². The van der Waals surface area contributed by atoms with Crippen molar-refractivity contribution in [2.75, 3.05) is 18.8 Å². The van der Waals surface area contributed by atoms with Gasteiger partial charge in [-0.3, -0.25) is 9.59 Å². The molecule has 1 saturated carbocycles. The molecule has 1 aromatic carbocycles. The van der Waals surface area contributed by atoms with Crippen LogP contribution in [0.3, 0.4) is 0 Å². The van der Waals surface area contributed by atoms with Crippen molar-refractivity contribution in [2.24, 2.45) is 11.8 Å². The molecule has 24 heavy (non-hydrogen) atoms. The van der Waals surface area contributed by atoms with Gasteiger partial charge in [-0.25, -0.2) is 4.39 Å². The normalized spacial score (nSPS) is 26.4. The molecule has 1 aromatic rings. The first-order chi connectivity index (χ1) is 11.6. The molecule has 0 radical (unpaired) electrons. The Hall–Kier alpha value is -1.56. The van der Waals surface area contributed by atoms with Crippen molar-refractivity contribution in [1.82, 2.24) is 10.2 Å². The van der Waals surface area contributed by atoms with Crippen LogP contribution in [0.15, 0.2) is 23.1 Å². The zero-order valence-corrected chi connectivity index (χ0v) is 14.3. The average Bonchev–Trinajstić information content (AvgIpc) is 3.31. The Bertz CT molecular complexity index is 677. The van der Waals surface area contributed by atoms with Gasteiger partial charge in [-0.1, -0.05) is 12.1 Å². The average molecular weight is 348 g/mol. The van der Waals surface area contributed by atoms with Gasteiger partial charge in [-0.05, 0) is 36.8 Å². The first-order valence-electron chi connectivity index (χ1n) is 8.61. The third kappa shape index (κ3) is 3.16. The molecule has 2 fully saturated rings. The molecule has 1 N–H and O–H groups in total. The van der Waals surface area contributed by atoms with E-state index in [2.05, 4.69) is 5.32 Å². The predicted molar refractivity (Wildman–Crippen MR) is 90.0 cm³/mol. The van der Waals surface area contributed by atoms with Gasteiger partial charge in [-0.15, -0.1) is 11.8 Å². The minimum Gasteiger partial charge on any atom is -0.349 e. The van der Waals surface area contributed by atoms with Crippen LogP contribution >= 0.6 is 11.8 Å². The molecule has 2 amide bonds. The molecule has 0 unspecified atom stereocenters. The number of carbonyl (C=O) groups is 2. The number of nitrogens with one attached hydrogen (secondary N) is 1. The van der Waals surface area contributed by atoms with Gasteiger partial charge in [0.15, 0.2) is 0 Å². The molecule has 0 bridgehead atoms. The Morgan fingerprint density at radius 3 is 2.96 bits per heavy atom. The van der Waals surface area contributed by atoms with Gasteiger partial charge in [0, 0.05) is 30.2 Å². The van der Waals surface area contributed by atoms with Crippen LogP contribution in [0.5, 0.6) is 0 Å². The first-order valence-corrected chi connectivity index (χ1v) is 9.59. The van der Waals surface area contributed by atoms with E-state index in [1.54, 1.807) is 6.07 Å². The number of likely N-dealkylation sites (tertiary alicyclic amines) is 1. The molecule has 4 nitrogen and oxygen atoms in total. The van der Waals surface area contributed by atoms with Crippen LogP contribution in [0.4, 0.5) is 4.39 Å². The van der Waals surface area contributed by atoms with E-state index in [-0.39, 0.29) is 29.6 Å². The molecule has 2 aliphatic heterocycles. The first kappa shape index (κ1) is 15.9. The van der Waals surface area contributed by atoms with Crippen LogP contribution in [-0.2, 0) is 9.59 Å². The minimum atomic E-state index is -0.275. The molecule has 2 atom stereocenters. The van der Waals surface area contributed by atoms with E-state index in [1.807, 2.05) is 11.0 Å². The molecular formula is C18H21FN2O2S. The maximum absolute atomic E-state index is 13.9. The highest BCUT2D eigenvalue weighted by molar-refractivity contribution is 7.99. The summed E-state index contributed by atoms with van der Waals surface area (Å²) >= 11 is 1.50. The zero-order valence-electron chi connectivity index (χ0n) is 13.5. The van der Waals surface area contributed by atoms with Gasteiger partial charge in [0.1, 0.15) is 5.82 Å². The van der Waals surface area contributed by atoms with Crippen molar-refractivity contribution in [3.8, 4) is 0 Å². The summed E-state index contributed by atoms with van der Waals surface area (Å²) in [6.07, 6.45) is 3.49. The number of halogens is 1. The van der Waals surface area contributed by atoms with Crippen molar-refractivity contribution in [2.45, 2.75) is 36.6 Å². The van der Waals surface area contributed by atoms with E-state index in [4.69, 9.17) is 0 Å². The number of rotatable bonds is 4. The third-order valence-corrected chi connectivity index (χ3v) is 6.26. The lowest BCUT2D eigenvalue weighted by molar-refractivity contribution is -0.129. The summed E-state index contributed by atoms with van der Waals surface area (Å²) < 4.78 is 13.9. The molecule has 4 rings (SSSR count). The number of carbonyl (C=O) groups excluding carboxylic acids is 2. The Balaban J connectivity index is 1.42. The molecule has 1 aliphatic carbocycles. The number of hydrogen-bond donors (Lipinski definition) is 1. The quantitative estimate of drug-likeness (QED) is 0.910. The van der Waals surface area contributed by atoms with Crippen LogP contribution < -0.4 is 5.32 Å². The van der Waals surface area contributed by atoms with E-state index in [9.17, 15) is 14.0 Å². The van der Waals surface area contributed by atoms with Crippen LogP contribution in [0.1, 0.15) is 37.3 Å². The number of benzene rings is 1. The van der Waals surface area contributed by atoms with Crippen molar-refractivity contribution >= 4 is 23.6 Å². The highest BCUT2D eigenvalue weighted by Gasteiger charge is 2.38. The van der Waals surface area contributed by atoms with Gasteiger partial charge >= 0.3 is 0 Å². The monoisotopic (exact) mass is 348 g/mol. The molecule has 0 spiro atoms. The highest BCUT2D eigenvalue weighted by atomic mass is 32.2. The summed E-state index contributed by atoms with van der Waals surface area (Å²) in [6.45, 7) is 1.33. The van der Waals surface area contributed by atoms with Gasteiger partial charge in [0.05, 0.1) is 12.0 Å². The molecule has 1 saturated heterocycles. The third-order valence-electron chi connectivity index (χ3n) is 5.10. The summed E-state index contributed by atoms with van der Waals surface area (Å²) in [7, 11) is 0. The van der Waals surface area contributed by atoms with Crippen LogP contribution in [0.25, 0.3) is 0 Å². The molecule has 3 aliphatic rings. The number of thioether (sulfide) groups is 1. The van der Waals surface area contributed by atoms with Crippen LogP contribution in [0, 0.1) is 17.7 Å². The fraction of sp³-hybridized carbons (Fsp3) is 0.556. The Morgan fingerprint density at radius 1 is 1.33 bits per heavy atom. The standard InChI is InChI=1S/C18H21FN2O2S/c19-14-3-1-2-13-15(6-7-24-17(13)14)20-18(23)12-8-16(22)21(10-12)9-11-4-5-11/h1-3,11-12,15H,4-10H2,(H,20,23)/t12-,15+/m0/s1. The fourth-order valence-corrected chi connectivity index (χ4v) is 4.70. The Morgan fingerprint density at radius 2 is 2.17 bits per heavy atom. The zero-order chi connectivity index (χ0) is 16.7. The summed E-state index contributed by atoms with van der Waals surface area (Å²) in [5.41, 5.74) is 0.860. The van der Waals surface area contributed by atoms with Crippen LogP contribution in [0.2, 0.25) is 0 Å². The SMILES string of the molecule is O=C(N[C@@H]1CCSc2c(F)cccc21)[C@H]1CC(=O)N(CC2CC2)C1. The van der Waals surface area contributed by atoms with E-state index in [0.29, 0.717) is 23.8 Å². The van der Waals surface area contributed by atoms with Crippen LogP contribution in [-0.4, -0.2) is 35.6 Å². The highest BCUT2D eigenvalue weighted by Crippen LogP contribution is 2.38. The van der Waals surface area contributed by atoms with Crippen molar-refractivity contribution < 1.29 is 14.0 Å². The number of amides is 2. The smallest absolute Gasteiger partial charge is 0.225 e. The molecule has 6 heteroatoms. The van der Waals surface area contributed by atoms with Gasteiger partial charge in [0.25, 0.3) is 0 Å². The summed E-state index contributed by atoms with van der Waals surface area (Å²) in [4.78, 5) is 27.2. The topological polar surface area (TPSA) is 49.4 Å². The van der Waals surface area contributed by atoms with Gasteiger partial charge in [0.2, 0.25) is 11.8 Å². The van der Waals surface area contributed by atoms with Crippen molar-refractivity contribution in [3.63, 3.8) is 0 Å². The summed E-state index contributed by atoms with van der Waals surface area (Å²) in [6, 6.07) is 4.88. The lowest BCUT2D eigenvalue weighted by Gasteiger charge is -2.27. The van der Waals surface area contributed by atoms with Gasteiger partial charge < -0.3 is 10.2 Å². The predicted octanol–water partition coefficient (Wildman–Crippen LogP) is 2.74. The molecular weight excluding hydrogens is 327 g/mol. The summed E-state index contributed by atoms with van der Waals surface area (Å²) in [5.74, 6) is 0.949. The van der Waals surface area contributed by atoms with Crippen molar-refractivity contribution in [3.05, 3.63) is 29.6 Å².